The largest absolute Gasteiger partial charge is 0.444 e. The molecule has 0 saturated carbocycles. The number of aryl methyl sites for hydroxylation is 1. The van der Waals surface area contributed by atoms with E-state index >= 15 is 0 Å². The Labute approximate surface area is 188 Å². The Kier molecular flexibility index (Phi) is 7.29. The maximum absolute atomic E-state index is 13.9. The van der Waals surface area contributed by atoms with Crippen molar-refractivity contribution < 1.29 is 18.7 Å². The number of nitrogens with zero attached hydrogens (tertiary/aromatic N) is 4. The van der Waals surface area contributed by atoms with Crippen molar-refractivity contribution in [3.8, 4) is 11.3 Å². The van der Waals surface area contributed by atoms with Gasteiger partial charge in [0.05, 0.1) is 28.7 Å². The molecule has 3 rings (SSSR count). The molecule has 32 heavy (non-hydrogen) atoms. The van der Waals surface area contributed by atoms with Crippen LogP contribution in [0.1, 0.15) is 28.5 Å². The van der Waals surface area contributed by atoms with E-state index in [4.69, 9.17) is 22.2 Å². The van der Waals surface area contributed by atoms with Crippen molar-refractivity contribution in [1.29, 1.82) is 0 Å². The Morgan fingerprint density at radius 2 is 2.00 bits per heavy atom. The highest BCUT2D eigenvalue weighted by molar-refractivity contribution is 6.34. The van der Waals surface area contributed by atoms with E-state index in [1.54, 1.807) is 12.3 Å². The van der Waals surface area contributed by atoms with Gasteiger partial charge in [0.15, 0.2) is 5.82 Å². The zero-order chi connectivity index (χ0) is 23.3. The second-order valence-electron chi connectivity index (χ2n) is 6.69. The normalized spacial score (nSPS) is 10.5. The number of carbonyl (C=O) groups excluding carboxylic acids is 2. The van der Waals surface area contributed by atoms with Crippen molar-refractivity contribution in [3.63, 3.8) is 0 Å². The molecule has 166 valence electrons. The second-order valence-corrected chi connectivity index (χ2v) is 7.10. The van der Waals surface area contributed by atoms with Crippen LogP contribution in [0.5, 0.6) is 0 Å². The minimum absolute atomic E-state index is 0.0101. The number of nitrogens with two attached hydrogens (primary N) is 1. The predicted molar refractivity (Wildman–Crippen MR) is 116 cm³/mol. The lowest BCUT2D eigenvalue weighted by Crippen LogP contribution is -2.33. The van der Waals surface area contributed by atoms with Crippen molar-refractivity contribution in [2.45, 2.75) is 20.0 Å². The van der Waals surface area contributed by atoms with E-state index in [0.717, 1.165) is 16.8 Å². The maximum Gasteiger partial charge on any atom is 0.424 e. The van der Waals surface area contributed by atoms with Crippen molar-refractivity contribution >= 4 is 29.4 Å². The Morgan fingerprint density at radius 3 is 2.62 bits per heavy atom. The fourth-order valence-corrected chi connectivity index (χ4v) is 3.04. The summed E-state index contributed by atoms with van der Waals surface area (Å²) >= 11 is 5.92. The Bertz CT molecular complexity index is 1120. The van der Waals surface area contributed by atoms with Crippen LogP contribution >= 0.6 is 11.6 Å². The van der Waals surface area contributed by atoms with Crippen LogP contribution in [0.15, 0.2) is 42.9 Å². The fraction of sp³-hybridized carbons (Fsp3) is 0.190. The number of hydrogen-bond acceptors (Lipinski definition) is 7. The van der Waals surface area contributed by atoms with Crippen molar-refractivity contribution in [3.05, 3.63) is 70.5 Å². The predicted octanol–water partition coefficient (Wildman–Crippen LogP) is 3.59. The number of anilines is 1. The zero-order valence-electron chi connectivity index (χ0n) is 17.3. The molecule has 2 amide bonds. The molecule has 0 fully saturated rings. The van der Waals surface area contributed by atoms with Crippen molar-refractivity contribution in [2.75, 3.05) is 12.4 Å². The molecule has 0 saturated heterocycles. The molecule has 3 N–H and O–H groups in total. The molecule has 2 heterocycles. The Hall–Kier alpha value is -3.63. The van der Waals surface area contributed by atoms with Crippen LogP contribution in [-0.2, 0) is 17.8 Å². The molecule has 3 aromatic rings. The molecule has 0 aliphatic heterocycles. The van der Waals surface area contributed by atoms with Gasteiger partial charge in [0, 0.05) is 30.1 Å². The topological polar surface area (TPSA) is 123 Å². The molecule has 2 aromatic heterocycles. The molecule has 11 heteroatoms. The van der Waals surface area contributed by atoms with E-state index in [1.807, 2.05) is 6.92 Å². The van der Waals surface area contributed by atoms with Gasteiger partial charge in [-0.05, 0) is 24.6 Å². The highest BCUT2D eigenvalue weighted by Crippen LogP contribution is 2.24. The minimum atomic E-state index is -0.739. The van der Waals surface area contributed by atoms with Gasteiger partial charge in [0.2, 0.25) is 0 Å². The SMILES string of the molecule is CCc1ncc(COC(=O)N(C)N)cc1-c1cnc(NC(=O)c2c(F)cccc2Cl)cn1. The molecule has 9 nitrogen and oxygen atoms in total. The van der Waals surface area contributed by atoms with Gasteiger partial charge >= 0.3 is 6.09 Å². The fourth-order valence-electron chi connectivity index (χ4n) is 2.79. The summed E-state index contributed by atoms with van der Waals surface area (Å²) in [5.41, 5.74) is 2.33. The average molecular weight is 459 g/mol. The van der Waals surface area contributed by atoms with Crippen LogP contribution in [0.4, 0.5) is 15.0 Å². The third kappa shape index (κ3) is 5.34. The number of carbonyl (C=O) groups is 2. The summed E-state index contributed by atoms with van der Waals surface area (Å²) in [4.78, 5) is 36.8. The number of nitrogens with one attached hydrogen (secondary N) is 1. The summed E-state index contributed by atoms with van der Waals surface area (Å²) in [6.45, 7) is 1.92. The molecule has 0 aliphatic rings. The van der Waals surface area contributed by atoms with Gasteiger partial charge < -0.3 is 10.1 Å². The molecule has 0 radical (unpaired) electrons. The van der Waals surface area contributed by atoms with Gasteiger partial charge in [-0.1, -0.05) is 24.6 Å². The summed E-state index contributed by atoms with van der Waals surface area (Å²) < 4.78 is 19.0. The third-order valence-corrected chi connectivity index (χ3v) is 4.69. The molecular weight excluding hydrogens is 439 g/mol. The first-order chi connectivity index (χ1) is 15.3. The first-order valence-electron chi connectivity index (χ1n) is 9.51. The second kappa shape index (κ2) is 10.1. The summed E-state index contributed by atoms with van der Waals surface area (Å²) in [6, 6.07) is 5.76. The number of amides is 2. The molecule has 0 aliphatic carbocycles. The van der Waals surface area contributed by atoms with E-state index < -0.39 is 17.8 Å². The zero-order valence-corrected chi connectivity index (χ0v) is 18.1. The standard InChI is InChI=1S/C21H20ClFN6O3/c1-3-16-13(7-12(8-25-16)11-32-21(31)29(2)24)17-9-27-18(10-26-17)28-20(30)19-14(22)5-4-6-15(19)23/h4-10H,3,11,24H2,1-2H3,(H,27,28,30). The summed E-state index contributed by atoms with van der Waals surface area (Å²) in [5, 5.41) is 3.30. The number of benzene rings is 1. The van der Waals surface area contributed by atoms with Crippen molar-refractivity contribution in [1.82, 2.24) is 20.0 Å². The number of halogens is 2. The van der Waals surface area contributed by atoms with Gasteiger partial charge in [0.1, 0.15) is 12.4 Å². The lowest BCUT2D eigenvalue weighted by Gasteiger charge is -2.12. The monoisotopic (exact) mass is 458 g/mol. The van der Waals surface area contributed by atoms with Gasteiger partial charge in [-0.15, -0.1) is 0 Å². The van der Waals surface area contributed by atoms with Gasteiger partial charge in [0.25, 0.3) is 5.91 Å². The highest BCUT2D eigenvalue weighted by Gasteiger charge is 2.17. The van der Waals surface area contributed by atoms with Crippen molar-refractivity contribution in [2.24, 2.45) is 5.84 Å². The molecule has 0 bridgehead atoms. The summed E-state index contributed by atoms with van der Waals surface area (Å²) in [6.07, 6.45) is 4.36. The molecule has 0 atom stereocenters. The van der Waals surface area contributed by atoms with Crippen LogP contribution in [-0.4, -0.2) is 39.0 Å². The van der Waals surface area contributed by atoms with Crippen LogP contribution in [0.2, 0.25) is 5.02 Å². The number of pyridine rings is 1. The smallest absolute Gasteiger partial charge is 0.424 e. The number of hydrazine groups is 1. The molecular formula is C21H20ClFN6O3. The Balaban J connectivity index is 1.79. The number of rotatable bonds is 6. The first-order valence-corrected chi connectivity index (χ1v) is 9.88. The number of hydrogen-bond donors (Lipinski definition) is 2. The molecule has 1 aromatic carbocycles. The molecule has 0 spiro atoms. The van der Waals surface area contributed by atoms with Crippen LogP contribution in [0.3, 0.4) is 0 Å². The highest BCUT2D eigenvalue weighted by atomic mass is 35.5. The molecule has 0 unspecified atom stereocenters. The lowest BCUT2D eigenvalue weighted by atomic mass is 10.1. The van der Waals surface area contributed by atoms with E-state index in [0.29, 0.717) is 23.2 Å². The summed E-state index contributed by atoms with van der Waals surface area (Å²) in [5.74, 6) is 3.99. The number of ether oxygens (including phenoxy) is 1. The van der Waals surface area contributed by atoms with E-state index in [2.05, 4.69) is 20.3 Å². The van der Waals surface area contributed by atoms with Gasteiger partial charge in [-0.3, -0.25) is 14.8 Å². The summed E-state index contributed by atoms with van der Waals surface area (Å²) in [7, 11) is 1.38. The van der Waals surface area contributed by atoms with E-state index in [9.17, 15) is 14.0 Å². The van der Waals surface area contributed by atoms with Crippen LogP contribution < -0.4 is 11.2 Å². The third-order valence-electron chi connectivity index (χ3n) is 4.37. The maximum atomic E-state index is 13.9. The van der Waals surface area contributed by atoms with E-state index in [1.165, 1.54) is 31.6 Å². The number of aromatic nitrogens is 3. The quantitative estimate of drug-likeness (QED) is 0.328. The first kappa shape index (κ1) is 23.0. The average Bonchev–Trinajstić information content (AvgIpc) is 2.77. The minimum Gasteiger partial charge on any atom is -0.444 e. The van der Waals surface area contributed by atoms with Crippen LogP contribution in [0, 0.1) is 5.82 Å². The lowest BCUT2D eigenvalue weighted by molar-refractivity contribution is 0.102. The van der Waals surface area contributed by atoms with Crippen LogP contribution in [0.25, 0.3) is 11.3 Å². The van der Waals surface area contributed by atoms with Gasteiger partial charge in [-0.25, -0.2) is 25.0 Å². The van der Waals surface area contributed by atoms with E-state index in [-0.39, 0.29) is 23.0 Å². The van der Waals surface area contributed by atoms with Gasteiger partial charge in [-0.2, -0.15) is 0 Å². The Morgan fingerprint density at radius 1 is 1.22 bits per heavy atom.